The van der Waals surface area contributed by atoms with Crippen molar-refractivity contribution in [1.82, 2.24) is 0 Å². The molecule has 1 aromatic rings. The van der Waals surface area contributed by atoms with Gasteiger partial charge in [0.2, 0.25) is 0 Å². The Morgan fingerprint density at radius 3 is 2.37 bits per heavy atom. The van der Waals surface area contributed by atoms with Crippen LogP contribution in [0, 0.1) is 0 Å². The lowest BCUT2D eigenvalue weighted by atomic mass is 10.3. The van der Waals surface area contributed by atoms with Crippen LogP contribution in [-0.4, -0.2) is 24.6 Å². The van der Waals surface area contributed by atoms with Gasteiger partial charge in [-0.05, 0) is 31.2 Å². The molecule has 1 aromatic carbocycles. The number of rotatable bonds is 6. The smallest absolute Gasteiger partial charge is 0.347 e. The molecule has 102 valence electrons. The van der Waals surface area contributed by atoms with E-state index in [4.69, 9.17) is 14.2 Å². The molecule has 1 unspecified atom stereocenters. The fraction of sp³-hybridized carbons (Fsp3) is 0.286. The van der Waals surface area contributed by atoms with E-state index < -0.39 is 18.0 Å². The second-order valence-corrected chi connectivity index (χ2v) is 3.74. The number of ether oxygens (including phenoxy) is 3. The molecule has 19 heavy (non-hydrogen) atoms. The third-order valence-corrected chi connectivity index (χ3v) is 2.07. The fourth-order valence-electron chi connectivity index (χ4n) is 1.26. The van der Waals surface area contributed by atoms with Crippen LogP contribution in [0.15, 0.2) is 36.9 Å². The van der Waals surface area contributed by atoms with E-state index in [1.165, 1.54) is 13.0 Å². The van der Waals surface area contributed by atoms with Crippen LogP contribution in [0.5, 0.6) is 11.5 Å². The van der Waals surface area contributed by atoms with Crippen LogP contribution in [0.25, 0.3) is 0 Å². The number of benzene rings is 1. The summed E-state index contributed by atoms with van der Waals surface area (Å²) in [6.07, 6.45) is 0.762. The molecule has 1 atom stereocenters. The Bertz CT molecular complexity index is 449. The highest BCUT2D eigenvalue weighted by Crippen LogP contribution is 2.19. The van der Waals surface area contributed by atoms with Crippen molar-refractivity contribution in [2.24, 2.45) is 0 Å². The highest BCUT2D eigenvalue weighted by atomic mass is 16.6. The first-order chi connectivity index (χ1) is 9.02. The minimum atomic E-state index is -0.723. The van der Waals surface area contributed by atoms with Gasteiger partial charge in [0, 0.05) is 6.92 Å². The first-order valence-corrected chi connectivity index (χ1v) is 5.75. The van der Waals surface area contributed by atoms with E-state index in [1.54, 1.807) is 31.2 Å². The lowest BCUT2D eigenvalue weighted by molar-refractivity contribution is -0.149. The van der Waals surface area contributed by atoms with Gasteiger partial charge in [-0.25, -0.2) is 4.79 Å². The topological polar surface area (TPSA) is 61.8 Å². The minimum Gasteiger partial charge on any atom is -0.479 e. The van der Waals surface area contributed by atoms with Gasteiger partial charge in [0.05, 0.1) is 0 Å². The van der Waals surface area contributed by atoms with E-state index in [0.29, 0.717) is 11.5 Å². The average molecular weight is 264 g/mol. The summed E-state index contributed by atoms with van der Waals surface area (Å²) in [5.41, 5.74) is 0. The maximum atomic E-state index is 11.5. The molecule has 0 N–H and O–H groups in total. The highest BCUT2D eigenvalue weighted by Gasteiger charge is 2.15. The van der Waals surface area contributed by atoms with Crippen molar-refractivity contribution in [3.8, 4) is 11.5 Å². The molecular formula is C14H16O5. The predicted octanol–water partition coefficient (Wildman–Crippen LogP) is 2.11. The molecule has 0 aliphatic carbocycles. The van der Waals surface area contributed by atoms with Crippen molar-refractivity contribution in [3.05, 3.63) is 36.9 Å². The van der Waals surface area contributed by atoms with Gasteiger partial charge in [0.1, 0.15) is 18.1 Å². The normalized spacial score (nSPS) is 11.3. The Morgan fingerprint density at radius 1 is 1.26 bits per heavy atom. The van der Waals surface area contributed by atoms with E-state index in [-0.39, 0.29) is 6.61 Å². The van der Waals surface area contributed by atoms with E-state index in [1.807, 2.05) is 0 Å². The van der Waals surface area contributed by atoms with Crippen LogP contribution < -0.4 is 9.47 Å². The van der Waals surface area contributed by atoms with E-state index in [0.717, 1.165) is 0 Å². The lowest BCUT2D eigenvalue weighted by Crippen LogP contribution is -2.26. The van der Waals surface area contributed by atoms with Crippen molar-refractivity contribution < 1.29 is 23.8 Å². The van der Waals surface area contributed by atoms with Gasteiger partial charge in [-0.1, -0.05) is 12.7 Å². The molecule has 0 heterocycles. The largest absolute Gasteiger partial charge is 0.479 e. The summed E-state index contributed by atoms with van der Waals surface area (Å²) in [4.78, 5) is 22.2. The molecule has 5 heteroatoms. The molecule has 1 rings (SSSR count). The zero-order valence-corrected chi connectivity index (χ0v) is 10.9. The standard InChI is InChI=1S/C14H16O5/c1-4-9-17-14(16)10(2)18-12-5-7-13(8-6-12)19-11(3)15/h4-8,10H,1,9H2,2-3H3. The number of esters is 2. The first kappa shape index (κ1) is 14.8. The van der Waals surface area contributed by atoms with Crippen molar-refractivity contribution >= 4 is 11.9 Å². The summed E-state index contributed by atoms with van der Waals surface area (Å²) in [5, 5.41) is 0. The zero-order chi connectivity index (χ0) is 14.3. The van der Waals surface area contributed by atoms with Crippen LogP contribution in [-0.2, 0) is 14.3 Å². The Balaban J connectivity index is 2.54. The van der Waals surface area contributed by atoms with Crippen molar-refractivity contribution in [3.63, 3.8) is 0 Å². The Morgan fingerprint density at radius 2 is 1.84 bits per heavy atom. The summed E-state index contributed by atoms with van der Waals surface area (Å²) in [6, 6.07) is 6.38. The maximum absolute atomic E-state index is 11.5. The summed E-state index contributed by atoms with van der Waals surface area (Å²) in [7, 11) is 0. The molecule has 0 saturated carbocycles. The van der Waals surface area contributed by atoms with E-state index in [9.17, 15) is 9.59 Å². The number of hydrogen-bond donors (Lipinski definition) is 0. The second-order valence-electron chi connectivity index (χ2n) is 3.74. The molecule has 0 aliphatic rings. The molecule has 0 saturated heterocycles. The molecule has 0 fully saturated rings. The third-order valence-electron chi connectivity index (χ3n) is 2.07. The van der Waals surface area contributed by atoms with Crippen molar-refractivity contribution in [2.75, 3.05) is 6.61 Å². The van der Waals surface area contributed by atoms with E-state index >= 15 is 0 Å². The average Bonchev–Trinajstić information content (AvgIpc) is 2.37. The molecule has 0 radical (unpaired) electrons. The predicted molar refractivity (Wildman–Crippen MR) is 69.0 cm³/mol. The summed E-state index contributed by atoms with van der Waals surface area (Å²) in [5.74, 6) is 0.0414. The van der Waals surface area contributed by atoms with Gasteiger partial charge < -0.3 is 14.2 Å². The molecule has 0 spiro atoms. The zero-order valence-electron chi connectivity index (χ0n) is 10.9. The molecule has 5 nitrogen and oxygen atoms in total. The quantitative estimate of drug-likeness (QED) is 0.447. The number of carbonyl (C=O) groups is 2. The molecule has 0 aliphatic heterocycles. The summed E-state index contributed by atoms with van der Waals surface area (Å²) < 4.78 is 15.1. The van der Waals surface area contributed by atoms with Gasteiger partial charge in [0.15, 0.2) is 6.10 Å². The van der Waals surface area contributed by atoms with Crippen LogP contribution >= 0.6 is 0 Å². The Hall–Kier alpha value is -2.30. The van der Waals surface area contributed by atoms with E-state index in [2.05, 4.69) is 6.58 Å². The fourth-order valence-corrected chi connectivity index (χ4v) is 1.26. The number of carbonyl (C=O) groups excluding carboxylic acids is 2. The number of hydrogen-bond acceptors (Lipinski definition) is 5. The molecule has 0 bridgehead atoms. The third kappa shape index (κ3) is 5.25. The highest BCUT2D eigenvalue weighted by molar-refractivity contribution is 5.74. The van der Waals surface area contributed by atoms with Crippen LogP contribution in [0.2, 0.25) is 0 Å². The van der Waals surface area contributed by atoms with Crippen LogP contribution in [0.4, 0.5) is 0 Å². The lowest BCUT2D eigenvalue weighted by Gasteiger charge is -2.13. The Labute approximate surface area is 111 Å². The van der Waals surface area contributed by atoms with Crippen LogP contribution in [0.1, 0.15) is 13.8 Å². The SMILES string of the molecule is C=CCOC(=O)C(C)Oc1ccc(OC(C)=O)cc1. The van der Waals surface area contributed by atoms with Crippen LogP contribution in [0.3, 0.4) is 0 Å². The van der Waals surface area contributed by atoms with Gasteiger partial charge in [-0.3, -0.25) is 4.79 Å². The summed E-state index contributed by atoms with van der Waals surface area (Å²) in [6.45, 7) is 6.51. The summed E-state index contributed by atoms with van der Waals surface area (Å²) >= 11 is 0. The second kappa shape index (κ2) is 7.20. The minimum absolute atomic E-state index is 0.151. The van der Waals surface area contributed by atoms with Gasteiger partial charge in [-0.15, -0.1) is 0 Å². The first-order valence-electron chi connectivity index (χ1n) is 5.75. The Kier molecular flexibility index (Phi) is 5.60. The van der Waals surface area contributed by atoms with Gasteiger partial charge in [-0.2, -0.15) is 0 Å². The van der Waals surface area contributed by atoms with Crippen molar-refractivity contribution in [2.45, 2.75) is 20.0 Å². The molecule has 0 aromatic heterocycles. The molecule has 0 amide bonds. The van der Waals surface area contributed by atoms with Crippen molar-refractivity contribution in [1.29, 1.82) is 0 Å². The molecular weight excluding hydrogens is 248 g/mol. The van der Waals surface area contributed by atoms with Gasteiger partial charge in [0.25, 0.3) is 0 Å². The maximum Gasteiger partial charge on any atom is 0.347 e. The van der Waals surface area contributed by atoms with Gasteiger partial charge >= 0.3 is 11.9 Å². The monoisotopic (exact) mass is 264 g/mol.